The summed E-state index contributed by atoms with van der Waals surface area (Å²) in [6.07, 6.45) is 4.61. The summed E-state index contributed by atoms with van der Waals surface area (Å²) in [7, 11) is 0. The molecule has 2 rings (SSSR count). The number of allylic oxidation sites excluding steroid dienone is 3. The summed E-state index contributed by atoms with van der Waals surface area (Å²) in [4.78, 5) is 12.0. The molecule has 0 N–H and O–H groups in total. The van der Waals surface area contributed by atoms with Gasteiger partial charge in [0.25, 0.3) is 0 Å². The Morgan fingerprint density at radius 3 is 2.65 bits per heavy atom. The Bertz CT molecular complexity index is 519. The Labute approximate surface area is 125 Å². The molecule has 1 aliphatic carbocycles. The van der Waals surface area contributed by atoms with Gasteiger partial charge in [-0.15, -0.1) is 11.6 Å². The van der Waals surface area contributed by atoms with Crippen LogP contribution in [0.3, 0.4) is 0 Å². The molecule has 0 aliphatic heterocycles. The van der Waals surface area contributed by atoms with E-state index in [1.54, 1.807) is 0 Å². The predicted molar refractivity (Wildman–Crippen MR) is 81.4 cm³/mol. The van der Waals surface area contributed by atoms with Crippen molar-refractivity contribution in [3.8, 4) is 0 Å². The second kappa shape index (κ2) is 6.76. The van der Waals surface area contributed by atoms with Crippen LogP contribution in [0.15, 0.2) is 54.3 Å². The highest BCUT2D eigenvalue weighted by Gasteiger charge is 2.23. The Morgan fingerprint density at radius 1 is 1.40 bits per heavy atom. The first-order chi connectivity index (χ1) is 9.58. The van der Waals surface area contributed by atoms with Crippen LogP contribution in [0, 0.1) is 5.92 Å². The third kappa shape index (κ3) is 3.73. The molecule has 0 amide bonds. The molecule has 1 aromatic carbocycles. The van der Waals surface area contributed by atoms with Crippen molar-refractivity contribution in [2.45, 2.75) is 31.6 Å². The number of ether oxygens (including phenoxy) is 1. The minimum atomic E-state index is -0.754. The van der Waals surface area contributed by atoms with Gasteiger partial charge >= 0.3 is 5.97 Å². The highest BCUT2D eigenvalue weighted by Crippen LogP contribution is 2.30. The molecule has 0 heterocycles. The average molecular weight is 291 g/mol. The van der Waals surface area contributed by atoms with Gasteiger partial charge < -0.3 is 4.74 Å². The lowest BCUT2D eigenvalue weighted by molar-refractivity contribution is -0.139. The Balaban J connectivity index is 1.94. The van der Waals surface area contributed by atoms with Crippen molar-refractivity contribution in [3.63, 3.8) is 0 Å². The van der Waals surface area contributed by atoms with Crippen molar-refractivity contribution in [1.29, 1.82) is 0 Å². The number of hydrogen-bond acceptors (Lipinski definition) is 2. The Hall–Kier alpha value is -1.54. The average Bonchev–Trinajstić information content (AvgIpc) is 2.48. The Morgan fingerprint density at radius 2 is 2.10 bits per heavy atom. The molecule has 2 nitrogen and oxygen atoms in total. The summed E-state index contributed by atoms with van der Waals surface area (Å²) in [5, 5.41) is -0.754. The van der Waals surface area contributed by atoms with E-state index in [1.165, 1.54) is 5.57 Å². The zero-order valence-corrected chi connectivity index (χ0v) is 12.4. The molecule has 1 aromatic rings. The second-order valence-corrected chi connectivity index (χ2v) is 5.62. The molecule has 2 atom stereocenters. The van der Waals surface area contributed by atoms with Crippen molar-refractivity contribution >= 4 is 17.6 Å². The number of carbonyl (C=O) groups is 1. The monoisotopic (exact) mass is 290 g/mol. The van der Waals surface area contributed by atoms with Gasteiger partial charge in [0.2, 0.25) is 0 Å². The minimum absolute atomic E-state index is 0.405. The van der Waals surface area contributed by atoms with Crippen molar-refractivity contribution < 1.29 is 9.53 Å². The van der Waals surface area contributed by atoms with Crippen molar-refractivity contribution in [1.82, 2.24) is 0 Å². The van der Waals surface area contributed by atoms with E-state index in [0.29, 0.717) is 5.92 Å². The SMILES string of the molecule is C=C(C)C1CC=C(OC(=O)C(Cl)c2ccccc2)CC1. The van der Waals surface area contributed by atoms with Gasteiger partial charge in [-0.1, -0.05) is 42.5 Å². The maximum Gasteiger partial charge on any atom is 0.333 e. The van der Waals surface area contributed by atoms with Gasteiger partial charge in [0.1, 0.15) is 5.76 Å². The predicted octanol–water partition coefficient (Wildman–Crippen LogP) is 4.77. The fourth-order valence-corrected chi connectivity index (χ4v) is 2.48. The number of carbonyl (C=O) groups excluding carboxylic acids is 1. The number of benzene rings is 1. The third-order valence-corrected chi connectivity index (χ3v) is 4.03. The summed E-state index contributed by atoms with van der Waals surface area (Å²) in [6.45, 7) is 6.02. The van der Waals surface area contributed by atoms with Crippen LogP contribution in [0.25, 0.3) is 0 Å². The zero-order chi connectivity index (χ0) is 14.5. The molecule has 2 unspecified atom stereocenters. The van der Waals surface area contributed by atoms with Crippen LogP contribution < -0.4 is 0 Å². The van der Waals surface area contributed by atoms with E-state index in [-0.39, 0.29) is 0 Å². The lowest BCUT2D eigenvalue weighted by Crippen LogP contribution is -2.14. The molecule has 0 spiro atoms. The normalized spacial score (nSPS) is 19.9. The summed E-state index contributed by atoms with van der Waals surface area (Å²) >= 11 is 6.14. The minimum Gasteiger partial charge on any atom is -0.430 e. The van der Waals surface area contributed by atoms with Crippen LogP contribution >= 0.6 is 11.6 Å². The van der Waals surface area contributed by atoms with Gasteiger partial charge in [0.05, 0.1) is 0 Å². The molecular formula is C17H19ClO2. The molecule has 1 aliphatic rings. The molecule has 0 saturated heterocycles. The molecule has 0 fully saturated rings. The molecule has 106 valence electrons. The third-order valence-electron chi connectivity index (χ3n) is 3.60. The lowest BCUT2D eigenvalue weighted by Gasteiger charge is -2.22. The first-order valence-electron chi connectivity index (χ1n) is 6.83. The van der Waals surface area contributed by atoms with E-state index in [0.717, 1.165) is 30.6 Å². The smallest absolute Gasteiger partial charge is 0.333 e. The molecule has 0 aromatic heterocycles. The summed E-state index contributed by atoms with van der Waals surface area (Å²) in [6, 6.07) is 9.25. The van der Waals surface area contributed by atoms with Crippen molar-refractivity contribution in [2.24, 2.45) is 5.92 Å². The first kappa shape index (κ1) is 14.9. The molecule has 0 radical (unpaired) electrons. The fraction of sp³-hybridized carbons (Fsp3) is 0.353. The number of esters is 1. The zero-order valence-electron chi connectivity index (χ0n) is 11.6. The molecule has 0 saturated carbocycles. The number of alkyl halides is 1. The highest BCUT2D eigenvalue weighted by molar-refractivity contribution is 6.30. The van der Waals surface area contributed by atoms with E-state index in [4.69, 9.17) is 16.3 Å². The van der Waals surface area contributed by atoms with Crippen molar-refractivity contribution in [2.75, 3.05) is 0 Å². The van der Waals surface area contributed by atoms with Crippen LogP contribution in [0.2, 0.25) is 0 Å². The van der Waals surface area contributed by atoms with Gasteiger partial charge in [-0.05, 0) is 37.3 Å². The van der Waals surface area contributed by atoms with Gasteiger partial charge in [0, 0.05) is 6.42 Å². The van der Waals surface area contributed by atoms with E-state index in [2.05, 4.69) is 6.58 Å². The van der Waals surface area contributed by atoms with Gasteiger partial charge in [-0.2, -0.15) is 0 Å². The van der Waals surface area contributed by atoms with Gasteiger partial charge in [-0.25, -0.2) is 4.79 Å². The molecule has 0 bridgehead atoms. The maximum atomic E-state index is 12.0. The summed E-state index contributed by atoms with van der Waals surface area (Å²) in [5.41, 5.74) is 1.95. The van der Waals surface area contributed by atoms with Gasteiger partial charge in [0.15, 0.2) is 5.38 Å². The van der Waals surface area contributed by atoms with Gasteiger partial charge in [-0.3, -0.25) is 0 Å². The van der Waals surface area contributed by atoms with E-state index >= 15 is 0 Å². The van der Waals surface area contributed by atoms with E-state index in [1.807, 2.05) is 43.3 Å². The van der Waals surface area contributed by atoms with Crippen LogP contribution in [0.4, 0.5) is 0 Å². The van der Waals surface area contributed by atoms with Crippen LogP contribution in [0.5, 0.6) is 0 Å². The maximum absolute atomic E-state index is 12.0. The quantitative estimate of drug-likeness (QED) is 0.453. The summed E-state index contributed by atoms with van der Waals surface area (Å²) in [5.74, 6) is 0.824. The summed E-state index contributed by atoms with van der Waals surface area (Å²) < 4.78 is 5.40. The largest absolute Gasteiger partial charge is 0.430 e. The number of hydrogen-bond donors (Lipinski definition) is 0. The standard InChI is InChI=1S/C17H19ClO2/c1-12(2)13-8-10-15(11-9-13)20-17(19)16(18)14-6-4-3-5-7-14/h3-7,10,13,16H,1,8-9,11H2,2H3. The van der Waals surface area contributed by atoms with E-state index in [9.17, 15) is 4.79 Å². The fourth-order valence-electron chi connectivity index (χ4n) is 2.29. The molecular weight excluding hydrogens is 272 g/mol. The lowest BCUT2D eigenvalue weighted by atomic mass is 9.88. The van der Waals surface area contributed by atoms with Crippen LogP contribution in [0.1, 0.15) is 37.1 Å². The second-order valence-electron chi connectivity index (χ2n) is 5.18. The first-order valence-corrected chi connectivity index (χ1v) is 7.26. The van der Waals surface area contributed by atoms with Crippen LogP contribution in [-0.2, 0) is 9.53 Å². The van der Waals surface area contributed by atoms with Crippen LogP contribution in [-0.4, -0.2) is 5.97 Å². The molecule has 3 heteroatoms. The molecule has 20 heavy (non-hydrogen) atoms. The topological polar surface area (TPSA) is 26.3 Å². The number of rotatable bonds is 4. The number of halogens is 1. The van der Waals surface area contributed by atoms with Crippen molar-refractivity contribution in [3.05, 3.63) is 59.9 Å². The van der Waals surface area contributed by atoms with E-state index < -0.39 is 11.3 Å². The highest BCUT2D eigenvalue weighted by atomic mass is 35.5. The Kier molecular flexibility index (Phi) is 5.02.